The second-order valence-corrected chi connectivity index (χ2v) is 8.24. The van der Waals surface area contributed by atoms with E-state index in [1.165, 1.54) is 6.33 Å². The molecule has 0 atom stereocenters. The molecule has 1 aromatic rings. The number of amides is 2. The second kappa shape index (κ2) is 9.15. The first-order chi connectivity index (χ1) is 12.7. The van der Waals surface area contributed by atoms with Crippen molar-refractivity contribution in [1.29, 1.82) is 0 Å². The Balaban J connectivity index is 2.10. The van der Waals surface area contributed by atoms with Crippen molar-refractivity contribution in [3.05, 3.63) is 23.8 Å². The zero-order valence-electron chi connectivity index (χ0n) is 16.9. The average molecular weight is 377 g/mol. The fraction of sp³-hybridized carbons (Fsp3) is 0.700. The van der Waals surface area contributed by atoms with Crippen LogP contribution in [0, 0.1) is 0 Å². The molecule has 0 unspecified atom stereocenters. The number of rotatable bonds is 5. The molecular weight excluding hydrogens is 344 g/mol. The Morgan fingerprint density at radius 2 is 1.85 bits per heavy atom. The first-order valence-electron chi connectivity index (χ1n) is 9.83. The van der Waals surface area contributed by atoms with Crippen LogP contribution in [-0.4, -0.2) is 39.7 Å². The van der Waals surface area contributed by atoms with Gasteiger partial charge in [0, 0.05) is 12.7 Å². The number of hydrogen-bond donors (Lipinski definition) is 2. The van der Waals surface area contributed by atoms with E-state index in [4.69, 9.17) is 4.74 Å². The molecular formula is C20H32N4O3. The summed E-state index contributed by atoms with van der Waals surface area (Å²) in [6.45, 7) is 7.85. The highest BCUT2D eigenvalue weighted by Crippen LogP contribution is 2.27. The molecule has 27 heavy (non-hydrogen) atoms. The molecule has 1 fully saturated rings. The van der Waals surface area contributed by atoms with Crippen molar-refractivity contribution < 1.29 is 14.3 Å². The molecule has 1 aliphatic carbocycles. The fourth-order valence-corrected chi connectivity index (χ4v) is 3.44. The first kappa shape index (κ1) is 21.1. The maximum atomic E-state index is 12.7. The highest BCUT2D eigenvalue weighted by molar-refractivity contribution is 5.95. The van der Waals surface area contributed by atoms with Crippen LogP contribution in [0.25, 0.3) is 0 Å². The molecule has 2 amide bonds. The van der Waals surface area contributed by atoms with E-state index in [-0.39, 0.29) is 5.91 Å². The summed E-state index contributed by atoms with van der Waals surface area (Å²) < 4.78 is 5.45. The normalized spacial score (nSPS) is 16.9. The molecule has 0 aliphatic heterocycles. The van der Waals surface area contributed by atoms with Crippen LogP contribution in [0.4, 0.5) is 4.79 Å². The van der Waals surface area contributed by atoms with E-state index in [1.54, 1.807) is 6.20 Å². The number of aryl methyl sites for hydroxylation is 1. The number of ether oxygens (including phenoxy) is 1. The summed E-state index contributed by atoms with van der Waals surface area (Å²) in [5.41, 5.74) is 0.159. The Morgan fingerprint density at radius 1 is 1.19 bits per heavy atom. The average Bonchev–Trinajstić information content (AvgIpc) is 2.84. The molecule has 0 saturated heterocycles. The van der Waals surface area contributed by atoms with Crippen LogP contribution in [0.15, 0.2) is 12.5 Å². The Kier molecular flexibility index (Phi) is 7.16. The SMILES string of the molecule is CCc1ncncc1C(=O)NCC1(NC(=O)OC(C)(C)C)CCCCCC1. The van der Waals surface area contributed by atoms with Gasteiger partial charge < -0.3 is 15.4 Å². The summed E-state index contributed by atoms with van der Waals surface area (Å²) in [4.78, 5) is 33.2. The largest absolute Gasteiger partial charge is 0.444 e. The number of alkyl carbamates (subject to hydrolysis) is 1. The van der Waals surface area contributed by atoms with Gasteiger partial charge in [-0.2, -0.15) is 0 Å². The van der Waals surface area contributed by atoms with Crippen LogP contribution in [0.1, 0.15) is 82.3 Å². The van der Waals surface area contributed by atoms with Gasteiger partial charge in [0.05, 0.1) is 16.8 Å². The number of aromatic nitrogens is 2. The fourth-order valence-electron chi connectivity index (χ4n) is 3.44. The summed E-state index contributed by atoms with van der Waals surface area (Å²) in [5, 5.41) is 6.05. The molecule has 0 spiro atoms. The molecule has 2 N–H and O–H groups in total. The van der Waals surface area contributed by atoms with Crippen LogP contribution >= 0.6 is 0 Å². The number of carbonyl (C=O) groups is 2. The summed E-state index contributed by atoms with van der Waals surface area (Å²) >= 11 is 0. The van der Waals surface area contributed by atoms with Gasteiger partial charge in [-0.05, 0) is 40.0 Å². The Morgan fingerprint density at radius 3 is 2.44 bits per heavy atom. The van der Waals surface area contributed by atoms with Gasteiger partial charge in [-0.25, -0.2) is 14.8 Å². The van der Waals surface area contributed by atoms with Crippen LogP contribution in [-0.2, 0) is 11.2 Å². The summed E-state index contributed by atoms with van der Waals surface area (Å²) in [6, 6.07) is 0. The molecule has 7 nitrogen and oxygen atoms in total. The molecule has 0 bridgehead atoms. The van der Waals surface area contributed by atoms with Gasteiger partial charge in [-0.1, -0.05) is 32.6 Å². The molecule has 1 aromatic heterocycles. The summed E-state index contributed by atoms with van der Waals surface area (Å²) in [7, 11) is 0. The second-order valence-electron chi connectivity index (χ2n) is 8.24. The molecule has 150 valence electrons. The maximum absolute atomic E-state index is 12.7. The van der Waals surface area contributed by atoms with Crippen molar-refractivity contribution in [3.63, 3.8) is 0 Å². The van der Waals surface area contributed by atoms with Crippen molar-refractivity contribution in [3.8, 4) is 0 Å². The van der Waals surface area contributed by atoms with E-state index in [9.17, 15) is 9.59 Å². The first-order valence-corrected chi connectivity index (χ1v) is 9.83. The molecule has 7 heteroatoms. The Bertz CT molecular complexity index is 647. The maximum Gasteiger partial charge on any atom is 0.408 e. The van der Waals surface area contributed by atoms with E-state index in [1.807, 2.05) is 27.7 Å². The standard InChI is InChI=1S/C20H32N4O3/c1-5-16-15(12-21-14-23-16)17(25)22-13-20(10-8-6-7-9-11-20)24-18(26)27-19(2,3)4/h12,14H,5-11,13H2,1-4H3,(H,22,25)(H,24,26). The van der Waals surface area contributed by atoms with Crippen molar-refractivity contribution in [1.82, 2.24) is 20.6 Å². The quantitative estimate of drug-likeness (QED) is 0.769. The lowest BCUT2D eigenvalue weighted by Gasteiger charge is -2.35. The number of hydrogen-bond acceptors (Lipinski definition) is 5. The van der Waals surface area contributed by atoms with Crippen molar-refractivity contribution in [2.75, 3.05) is 6.54 Å². The lowest BCUT2D eigenvalue weighted by Crippen LogP contribution is -2.56. The molecule has 2 rings (SSSR count). The van der Waals surface area contributed by atoms with Crippen molar-refractivity contribution in [2.24, 2.45) is 0 Å². The molecule has 0 radical (unpaired) electrons. The Hall–Kier alpha value is -2.18. The third kappa shape index (κ3) is 6.48. The lowest BCUT2D eigenvalue weighted by molar-refractivity contribution is 0.0437. The minimum atomic E-state index is -0.559. The number of nitrogens with one attached hydrogen (secondary N) is 2. The molecule has 1 saturated carbocycles. The zero-order chi connectivity index (χ0) is 19.9. The summed E-state index contributed by atoms with van der Waals surface area (Å²) in [5.74, 6) is -0.206. The predicted molar refractivity (Wildman–Crippen MR) is 104 cm³/mol. The highest BCUT2D eigenvalue weighted by atomic mass is 16.6. The topological polar surface area (TPSA) is 93.2 Å². The van der Waals surface area contributed by atoms with Crippen molar-refractivity contribution >= 4 is 12.0 Å². The highest BCUT2D eigenvalue weighted by Gasteiger charge is 2.34. The van der Waals surface area contributed by atoms with Gasteiger partial charge in [0.2, 0.25) is 0 Å². The zero-order valence-corrected chi connectivity index (χ0v) is 16.9. The minimum Gasteiger partial charge on any atom is -0.444 e. The van der Waals surface area contributed by atoms with Crippen LogP contribution in [0.5, 0.6) is 0 Å². The van der Waals surface area contributed by atoms with E-state index in [0.29, 0.717) is 18.5 Å². The number of nitrogens with zero attached hydrogens (tertiary/aromatic N) is 2. The number of carbonyl (C=O) groups excluding carboxylic acids is 2. The molecule has 1 heterocycles. The van der Waals surface area contributed by atoms with Crippen LogP contribution in [0.3, 0.4) is 0 Å². The molecule has 1 aliphatic rings. The van der Waals surface area contributed by atoms with Crippen LogP contribution in [0.2, 0.25) is 0 Å². The van der Waals surface area contributed by atoms with Gasteiger partial charge in [0.25, 0.3) is 5.91 Å². The molecule has 0 aromatic carbocycles. The van der Waals surface area contributed by atoms with Gasteiger partial charge in [-0.15, -0.1) is 0 Å². The smallest absolute Gasteiger partial charge is 0.408 e. The van der Waals surface area contributed by atoms with Crippen molar-refractivity contribution in [2.45, 2.75) is 83.8 Å². The van der Waals surface area contributed by atoms with E-state index >= 15 is 0 Å². The van der Waals surface area contributed by atoms with E-state index in [2.05, 4.69) is 20.6 Å². The van der Waals surface area contributed by atoms with Crippen LogP contribution < -0.4 is 10.6 Å². The summed E-state index contributed by atoms with van der Waals surface area (Å²) in [6.07, 6.45) is 9.16. The third-order valence-electron chi connectivity index (χ3n) is 4.79. The van der Waals surface area contributed by atoms with E-state index in [0.717, 1.165) is 44.2 Å². The monoisotopic (exact) mass is 376 g/mol. The van der Waals surface area contributed by atoms with Gasteiger partial charge in [-0.3, -0.25) is 4.79 Å². The van der Waals surface area contributed by atoms with Gasteiger partial charge >= 0.3 is 6.09 Å². The minimum absolute atomic E-state index is 0.206. The Labute approximate surface area is 161 Å². The van der Waals surface area contributed by atoms with E-state index < -0.39 is 17.2 Å². The lowest BCUT2D eigenvalue weighted by atomic mass is 9.90. The van der Waals surface area contributed by atoms with Gasteiger partial charge in [0.1, 0.15) is 11.9 Å². The third-order valence-corrected chi connectivity index (χ3v) is 4.79. The van der Waals surface area contributed by atoms with Gasteiger partial charge in [0.15, 0.2) is 0 Å². The predicted octanol–water partition coefficient (Wildman–Crippen LogP) is 3.39.